The zero-order chi connectivity index (χ0) is 13.9. The molecule has 1 N–H and O–H groups in total. The van der Waals surface area contributed by atoms with Gasteiger partial charge in [0.1, 0.15) is 0 Å². The van der Waals surface area contributed by atoms with Gasteiger partial charge in [-0.05, 0) is 11.6 Å². The Morgan fingerprint density at radius 3 is 2.47 bits per heavy atom. The van der Waals surface area contributed by atoms with Gasteiger partial charge in [-0.15, -0.1) is 0 Å². The molecule has 2 rings (SSSR count). The average molecular weight is 275 g/mol. The summed E-state index contributed by atoms with van der Waals surface area (Å²) >= 11 is 0. The van der Waals surface area contributed by atoms with E-state index in [-0.39, 0.29) is 0 Å². The third-order valence-corrected chi connectivity index (χ3v) is 3.13. The maximum atomic E-state index is 12.4. The number of hydrogen-bond acceptors (Lipinski definition) is 3. The van der Waals surface area contributed by atoms with Gasteiger partial charge in [-0.1, -0.05) is 18.2 Å². The number of morpholine rings is 1. The fraction of sp³-hybridized carbons (Fsp3) is 0.538. The number of para-hydroxylation sites is 1. The van der Waals surface area contributed by atoms with Crippen LogP contribution in [0.15, 0.2) is 24.3 Å². The van der Waals surface area contributed by atoms with E-state index < -0.39 is 18.7 Å². The van der Waals surface area contributed by atoms with E-state index in [0.717, 1.165) is 5.69 Å². The number of rotatable bonds is 3. The monoisotopic (exact) mass is 275 g/mol. The first kappa shape index (κ1) is 14.1. The van der Waals surface area contributed by atoms with Gasteiger partial charge in [0.05, 0.1) is 13.2 Å². The molecule has 1 saturated heterocycles. The van der Waals surface area contributed by atoms with Crippen molar-refractivity contribution in [3.8, 4) is 0 Å². The molecule has 1 fully saturated rings. The molecule has 106 valence electrons. The van der Waals surface area contributed by atoms with Crippen molar-refractivity contribution in [2.75, 3.05) is 31.2 Å². The summed E-state index contributed by atoms with van der Waals surface area (Å²) in [6.45, 7) is 2.44. The second kappa shape index (κ2) is 5.79. The van der Waals surface area contributed by atoms with Crippen molar-refractivity contribution in [1.29, 1.82) is 0 Å². The number of aliphatic hydroxyl groups excluding tert-OH is 1. The van der Waals surface area contributed by atoms with Crippen LogP contribution in [0.25, 0.3) is 0 Å². The second-order valence-electron chi connectivity index (χ2n) is 4.49. The van der Waals surface area contributed by atoms with Crippen molar-refractivity contribution in [1.82, 2.24) is 0 Å². The maximum absolute atomic E-state index is 12.4. The molecule has 0 amide bonds. The number of alkyl halides is 3. The maximum Gasteiger partial charge on any atom is 0.414 e. The van der Waals surface area contributed by atoms with E-state index in [1.807, 2.05) is 4.90 Å². The number of anilines is 1. The van der Waals surface area contributed by atoms with Gasteiger partial charge in [0, 0.05) is 25.2 Å². The molecular formula is C13H16F3NO2. The zero-order valence-corrected chi connectivity index (χ0v) is 10.4. The molecule has 0 aliphatic carbocycles. The van der Waals surface area contributed by atoms with Gasteiger partial charge in [0.25, 0.3) is 0 Å². The number of hydrogen-bond donors (Lipinski definition) is 1. The lowest BCUT2D eigenvalue weighted by Crippen LogP contribution is -2.37. The van der Waals surface area contributed by atoms with E-state index in [9.17, 15) is 18.3 Å². The lowest BCUT2D eigenvalue weighted by molar-refractivity contribution is -0.203. The van der Waals surface area contributed by atoms with Gasteiger partial charge in [-0.2, -0.15) is 13.2 Å². The third kappa shape index (κ3) is 3.61. The van der Waals surface area contributed by atoms with Crippen molar-refractivity contribution in [3.63, 3.8) is 0 Å². The summed E-state index contributed by atoms with van der Waals surface area (Å²) in [6.07, 6.45) is -7.33. The molecule has 1 aliphatic heterocycles. The SMILES string of the molecule is OC(Cc1ccccc1N1CCOCC1)C(F)(F)F. The summed E-state index contributed by atoms with van der Waals surface area (Å²) in [4.78, 5) is 1.99. The van der Waals surface area contributed by atoms with Crippen molar-refractivity contribution >= 4 is 5.69 Å². The van der Waals surface area contributed by atoms with Crippen LogP contribution in [0.4, 0.5) is 18.9 Å². The molecule has 6 heteroatoms. The lowest BCUT2D eigenvalue weighted by atomic mass is 10.0. The van der Waals surface area contributed by atoms with E-state index in [2.05, 4.69) is 0 Å². The van der Waals surface area contributed by atoms with E-state index >= 15 is 0 Å². The van der Waals surface area contributed by atoms with E-state index in [1.54, 1.807) is 24.3 Å². The topological polar surface area (TPSA) is 32.7 Å². The van der Waals surface area contributed by atoms with Crippen LogP contribution >= 0.6 is 0 Å². The van der Waals surface area contributed by atoms with Crippen LogP contribution in [0.3, 0.4) is 0 Å². The minimum absolute atomic E-state index is 0.420. The summed E-state index contributed by atoms with van der Waals surface area (Å²) in [5.74, 6) is 0. The van der Waals surface area contributed by atoms with Crippen molar-refractivity contribution in [2.45, 2.75) is 18.7 Å². The molecule has 3 nitrogen and oxygen atoms in total. The molecule has 1 atom stereocenters. The van der Waals surface area contributed by atoms with Gasteiger partial charge in [0.2, 0.25) is 0 Å². The molecule has 1 aromatic carbocycles. The number of benzene rings is 1. The summed E-state index contributed by atoms with van der Waals surface area (Å²) in [5, 5.41) is 9.19. The molecule has 1 unspecified atom stereocenters. The number of nitrogens with zero attached hydrogens (tertiary/aromatic N) is 1. The number of halogens is 3. The normalized spacial score (nSPS) is 18.4. The predicted octanol–water partition coefficient (Wildman–Crippen LogP) is 1.99. The summed E-state index contributed by atoms with van der Waals surface area (Å²) < 4.78 is 42.5. The highest BCUT2D eigenvalue weighted by Gasteiger charge is 2.38. The van der Waals surface area contributed by atoms with Crippen LogP contribution in [-0.2, 0) is 11.2 Å². The third-order valence-electron chi connectivity index (χ3n) is 3.13. The Balaban J connectivity index is 2.16. The van der Waals surface area contributed by atoms with Crippen LogP contribution in [0.5, 0.6) is 0 Å². The van der Waals surface area contributed by atoms with Gasteiger partial charge in [-0.3, -0.25) is 0 Å². The smallest absolute Gasteiger partial charge is 0.383 e. The molecule has 0 radical (unpaired) electrons. The van der Waals surface area contributed by atoms with E-state index in [0.29, 0.717) is 31.9 Å². The van der Waals surface area contributed by atoms with Gasteiger partial charge in [0.15, 0.2) is 6.10 Å². The van der Waals surface area contributed by atoms with Crippen molar-refractivity contribution in [3.05, 3.63) is 29.8 Å². The minimum atomic E-state index is -4.59. The van der Waals surface area contributed by atoms with Crippen LogP contribution < -0.4 is 4.90 Å². The second-order valence-corrected chi connectivity index (χ2v) is 4.49. The summed E-state index contributed by atoms with van der Waals surface area (Å²) in [5.41, 5.74) is 1.25. The van der Waals surface area contributed by atoms with Crippen molar-refractivity contribution in [2.24, 2.45) is 0 Å². The molecule has 19 heavy (non-hydrogen) atoms. The Hall–Kier alpha value is -1.27. The molecule has 0 saturated carbocycles. The highest BCUT2D eigenvalue weighted by molar-refractivity contribution is 5.54. The first-order chi connectivity index (χ1) is 8.98. The highest BCUT2D eigenvalue weighted by atomic mass is 19.4. The van der Waals surface area contributed by atoms with Crippen molar-refractivity contribution < 1.29 is 23.0 Å². The summed E-state index contributed by atoms with van der Waals surface area (Å²) in [6, 6.07) is 6.88. The summed E-state index contributed by atoms with van der Waals surface area (Å²) in [7, 11) is 0. The molecule has 0 aromatic heterocycles. The van der Waals surface area contributed by atoms with Crippen LogP contribution in [-0.4, -0.2) is 43.7 Å². The zero-order valence-electron chi connectivity index (χ0n) is 10.4. The molecule has 1 aromatic rings. The Bertz CT molecular complexity index is 417. The van der Waals surface area contributed by atoms with Gasteiger partial charge in [-0.25, -0.2) is 0 Å². The molecule has 1 aliphatic rings. The van der Waals surface area contributed by atoms with E-state index in [1.165, 1.54) is 0 Å². The first-order valence-electron chi connectivity index (χ1n) is 6.14. The standard InChI is InChI=1S/C13H16F3NO2/c14-13(15,16)12(18)9-10-3-1-2-4-11(10)17-5-7-19-8-6-17/h1-4,12,18H,5-9H2. The highest BCUT2D eigenvalue weighted by Crippen LogP contribution is 2.28. The first-order valence-corrected chi connectivity index (χ1v) is 6.14. The Labute approximate surface area is 109 Å². The largest absolute Gasteiger partial charge is 0.414 e. The predicted molar refractivity (Wildman–Crippen MR) is 65.2 cm³/mol. The Morgan fingerprint density at radius 2 is 1.84 bits per heavy atom. The van der Waals surface area contributed by atoms with Crippen LogP contribution in [0.1, 0.15) is 5.56 Å². The molecular weight excluding hydrogens is 259 g/mol. The van der Waals surface area contributed by atoms with Gasteiger partial charge < -0.3 is 14.7 Å². The van der Waals surface area contributed by atoms with Gasteiger partial charge >= 0.3 is 6.18 Å². The fourth-order valence-electron chi connectivity index (χ4n) is 2.12. The quantitative estimate of drug-likeness (QED) is 0.915. The molecule has 0 spiro atoms. The Kier molecular flexibility index (Phi) is 4.31. The fourth-order valence-corrected chi connectivity index (χ4v) is 2.12. The lowest BCUT2D eigenvalue weighted by Gasteiger charge is -2.31. The van der Waals surface area contributed by atoms with Crippen LogP contribution in [0.2, 0.25) is 0 Å². The average Bonchev–Trinajstić information content (AvgIpc) is 2.39. The Morgan fingerprint density at radius 1 is 1.21 bits per heavy atom. The molecule has 0 bridgehead atoms. The van der Waals surface area contributed by atoms with Crippen LogP contribution in [0, 0.1) is 0 Å². The number of aliphatic hydroxyl groups is 1. The molecule has 1 heterocycles. The van der Waals surface area contributed by atoms with E-state index in [4.69, 9.17) is 4.74 Å². The number of ether oxygens (including phenoxy) is 1. The minimum Gasteiger partial charge on any atom is -0.383 e.